The van der Waals surface area contributed by atoms with E-state index in [1.165, 1.54) is 5.56 Å². The van der Waals surface area contributed by atoms with Crippen LogP contribution >= 0.6 is 0 Å². The van der Waals surface area contributed by atoms with E-state index in [0.29, 0.717) is 5.75 Å². The van der Waals surface area contributed by atoms with Gasteiger partial charge in [0.2, 0.25) is 0 Å². The summed E-state index contributed by atoms with van der Waals surface area (Å²) in [7, 11) is 0. The summed E-state index contributed by atoms with van der Waals surface area (Å²) in [6.07, 6.45) is 0.444. The molecule has 0 radical (unpaired) electrons. The van der Waals surface area contributed by atoms with Crippen molar-refractivity contribution in [1.29, 1.82) is 0 Å². The first-order valence-electron chi connectivity index (χ1n) is 7.21. The second kappa shape index (κ2) is 6.93. The molecule has 1 amide bonds. The Bertz CT molecular complexity index is 588. The molecule has 3 nitrogen and oxygen atoms in total. The molecule has 2 aromatic rings. The normalized spacial score (nSPS) is 11.8. The second-order valence-corrected chi connectivity index (χ2v) is 5.11. The third-order valence-corrected chi connectivity index (χ3v) is 3.33. The van der Waals surface area contributed by atoms with Crippen LogP contribution in [0.25, 0.3) is 0 Å². The number of carbonyl (C=O) groups excluding carboxylic acids is 1. The highest BCUT2D eigenvalue weighted by Crippen LogP contribution is 2.15. The van der Waals surface area contributed by atoms with Crippen LogP contribution in [0.2, 0.25) is 0 Å². The molecule has 2 rings (SSSR count). The van der Waals surface area contributed by atoms with Gasteiger partial charge in [-0.2, -0.15) is 0 Å². The summed E-state index contributed by atoms with van der Waals surface area (Å²) >= 11 is 0. The van der Waals surface area contributed by atoms with Gasteiger partial charge >= 0.3 is 0 Å². The van der Waals surface area contributed by atoms with Crippen molar-refractivity contribution < 1.29 is 9.53 Å². The van der Waals surface area contributed by atoms with E-state index in [0.717, 1.165) is 17.7 Å². The minimum atomic E-state index is -0.543. The molecule has 1 unspecified atom stereocenters. The first kappa shape index (κ1) is 15.1. The molecular formula is C18H21NO2. The van der Waals surface area contributed by atoms with Crippen LogP contribution in [0.5, 0.6) is 5.75 Å². The number of anilines is 1. The van der Waals surface area contributed by atoms with Gasteiger partial charge in [-0.15, -0.1) is 0 Å². The molecule has 0 aliphatic heterocycles. The van der Waals surface area contributed by atoms with E-state index in [2.05, 4.69) is 12.2 Å². The number of hydrogen-bond acceptors (Lipinski definition) is 2. The Morgan fingerprint density at radius 2 is 1.71 bits per heavy atom. The van der Waals surface area contributed by atoms with Crippen molar-refractivity contribution in [1.82, 2.24) is 0 Å². The van der Waals surface area contributed by atoms with E-state index in [4.69, 9.17) is 4.74 Å². The monoisotopic (exact) mass is 283 g/mol. The minimum absolute atomic E-state index is 0.153. The molecule has 0 aliphatic carbocycles. The molecule has 0 bridgehead atoms. The summed E-state index contributed by atoms with van der Waals surface area (Å²) in [5, 5.41) is 2.86. The molecule has 1 N–H and O–H groups in total. The lowest BCUT2D eigenvalue weighted by Crippen LogP contribution is -2.30. The van der Waals surface area contributed by atoms with Gasteiger partial charge in [0.1, 0.15) is 5.75 Å². The van der Waals surface area contributed by atoms with E-state index in [9.17, 15) is 4.79 Å². The van der Waals surface area contributed by atoms with E-state index < -0.39 is 6.10 Å². The van der Waals surface area contributed by atoms with Crippen molar-refractivity contribution >= 4 is 11.6 Å². The van der Waals surface area contributed by atoms with Crippen molar-refractivity contribution in [3.63, 3.8) is 0 Å². The maximum Gasteiger partial charge on any atom is 0.265 e. The molecule has 0 saturated carbocycles. The molecule has 0 aromatic heterocycles. The van der Waals surface area contributed by atoms with Crippen LogP contribution in [0.15, 0.2) is 48.5 Å². The molecule has 0 spiro atoms. The SMILES string of the molecule is CCc1ccc(NC(=O)C(C)Oc2ccc(C)cc2)cc1. The first-order valence-corrected chi connectivity index (χ1v) is 7.21. The second-order valence-electron chi connectivity index (χ2n) is 5.11. The average molecular weight is 283 g/mol. The Hall–Kier alpha value is -2.29. The fourth-order valence-electron chi connectivity index (χ4n) is 1.94. The summed E-state index contributed by atoms with van der Waals surface area (Å²) in [5.41, 5.74) is 3.20. The van der Waals surface area contributed by atoms with Crippen molar-refractivity contribution in [2.45, 2.75) is 33.3 Å². The predicted molar refractivity (Wildman–Crippen MR) is 85.7 cm³/mol. The first-order chi connectivity index (χ1) is 10.1. The number of aryl methyl sites for hydroxylation is 2. The Labute approximate surface area is 126 Å². The van der Waals surface area contributed by atoms with Crippen LogP contribution in [0, 0.1) is 6.92 Å². The molecule has 0 saturated heterocycles. The fourth-order valence-corrected chi connectivity index (χ4v) is 1.94. The fraction of sp³-hybridized carbons (Fsp3) is 0.278. The van der Waals surface area contributed by atoms with Crippen molar-refractivity contribution in [2.75, 3.05) is 5.32 Å². The molecule has 21 heavy (non-hydrogen) atoms. The molecule has 2 aromatic carbocycles. The van der Waals surface area contributed by atoms with Gasteiger partial charge in [-0.3, -0.25) is 4.79 Å². The zero-order chi connectivity index (χ0) is 15.2. The largest absolute Gasteiger partial charge is 0.481 e. The number of rotatable bonds is 5. The highest BCUT2D eigenvalue weighted by molar-refractivity contribution is 5.94. The Morgan fingerprint density at radius 1 is 1.10 bits per heavy atom. The van der Waals surface area contributed by atoms with Gasteiger partial charge in [0.25, 0.3) is 5.91 Å². The summed E-state index contributed by atoms with van der Waals surface area (Å²) < 4.78 is 5.64. The summed E-state index contributed by atoms with van der Waals surface area (Å²) in [6, 6.07) is 15.5. The van der Waals surface area contributed by atoms with E-state index in [1.807, 2.05) is 55.5 Å². The summed E-state index contributed by atoms with van der Waals surface area (Å²) in [5.74, 6) is 0.546. The maximum absolute atomic E-state index is 12.1. The van der Waals surface area contributed by atoms with E-state index >= 15 is 0 Å². The van der Waals surface area contributed by atoms with Gasteiger partial charge in [0.05, 0.1) is 0 Å². The Morgan fingerprint density at radius 3 is 2.29 bits per heavy atom. The van der Waals surface area contributed by atoms with Crippen molar-refractivity contribution in [2.24, 2.45) is 0 Å². The molecule has 3 heteroatoms. The summed E-state index contributed by atoms with van der Waals surface area (Å²) in [6.45, 7) is 5.86. The van der Waals surface area contributed by atoms with Gasteiger partial charge in [0, 0.05) is 5.69 Å². The van der Waals surface area contributed by atoms with E-state index in [-0.39, 0.29) is 5.91 Å². The maximum atomic E-state index is 12.1. The summed E-state index contributed by atoms with van der Waals surface area (Å²) in [4.78, 5) is 12.1. The number of carbonyl (C=O) groups is 1. The van der Waals surface area contributed by atoms with Gasteiger partial charge < -0.3 is 10.1 Å². The lowest BCUT2D eigenvalue weighted by Gasteiger charge is -2.15. The van der Waals surface area contributed by atoms with Gasteiger partial charge in [-0.1, -0.05) is 36.8 Å². The third-order valence-electron chi connectivity index (χ3n) is 3.33. The quantitative estimate of drug-likeness (QED) is 0.902. The molecular weight excluding hydrogens is 262 g/mol. The van der Waals surface area contributed by atoms with Crippen LogP contribution in [0.4, 0.5) is 5.69 Å². The number of benzene rings is 2. The van der Waals surface area contributed by atoms with Crippen LogP contribution in [-0.2, 0) is 11.2 Å². The molecule has 1 atom stereocenters. The number of nitrogens with one attached hydrogen (secondary N) is 1. The zero-order valence-electron chi connectivity index (χ0n) is 12.7. The Kier molecular flexibility index (Phi) is 4.99. The molecule has 0 heterocycles. The van der Waals surface area contributed by atoms with Crippen molar-refractivity contribution in [3.8, 4) is 5.75 Å². The zero-order valence-corrected chi connectivity index (χ0v) is 12.7. The molecule has 0 aliphatic rings. The van der Waals surface area contributed by atoms with Gasteiger partial charge in [0.15, 0.2) is 6.10 Å². The lowest BCUT2D eigenvalue weighted by atomic mass is 10.1. The van der Waals surface area contributed by atoms with Crippen LogP contribution in [0.1, 0.15) is 25.0 Å². The number of ether oxygens (including phenoxy) is 1. The molecule has 0 fully saturated rings. The van der Waals surface area contributed by atoms with Gasteiger partial charge in [-0.25, -0.2) is 0 Å². The van der Waals surface area contributed by atoms with Gasteiger partial charge in [-0.05, 0) is 50.1 Å². The van der Waals surface area contributed by atoms with E-state index in [1.54, 1.807) is 6.92 Å². The number of hydrogen-bond donors (Lipinski definition) is 1. The predicted octanol–water partition coefficient (Wildman–Crippen LogP) is 3.96. The Balaban J connectivity index is 1.93. The van der Waals surface area contributed by atoms with Crippen molar-refractivity contribution in [3.05, 3.63) is 59.7 Å². The average Bonchev–Trinajstić information content (AvgIpc) is 2.50. The van der Waals surface area contributed by atoms with Crippen LogP contribution in [-0.4, -0.2) is 12.0 Å². The highest BCUT2D eigenvalue weighted by Gasteiger charge is 2.14. The number of amides is 1. The smallest absolute Gasteiger partial charge is 0.265 e. The van der Waals surface area contributed by atoms with Crippen LogP contribution < -0.4 is 10.1 Å². The molecule has 110 valence electrons. The topological polar surface area (TPSA) is 38.3 Å². The lowest BCUT2D eigenvalue weighted by molar-refractivity contribution is -0.122. The minimum Gasteiger partial charge on any atom is -0.481 e. The highest BCUT2D eigenvalue weighted by atomic mass is 16.5. The standard InChI is InChI=1S/C18H21NO2/c1-4-15-7-9-16(10-8-15)19-18(20)14(3)21-17-11-5-13(2)6-12-17/h5-12,14H,4H2,1-3H3,(H,19,20). The van der Waals surface area contributed by atoms with Crippen LogP contribution in [0.3, 0.4) is 0 Å². The third kappa shape index (κ3) is 4.35.